The Hall–Kier alpha value is -0.120. The third-order valence-electron chi connectivity index (χ3n) is 1.79. The highest BCUT2D eigenvalue weighted by Gasteiger charge is 2.02. The van der Waals surface area contributed by atoms with E-state index in [-0.39, 0.29) is 0 Å². The van der Waals surface area contributed by atoms with Crippen LogP contribution in [0.25, 0.3) is 0 Å². The van der Waals surface area contributed by atoms with E-state index in [1.807, 2.05) is 7.05 Å². The molecule has 0 spiro atoms. The monoisotopic (exact) mass is 160 g/mol. The highest BCUT2D eigenvalue weighted by molar-refractivity contribution is 4.60. The van der Waals surface area contributed by atoms with Crippen molar-refractivity contribution in [1.82, 2.24) is 5.06 Å². The number of hydrogen-bond acceptors (Lipinski definition) is 3. The summed E-state index contributed by atoms with van der Waals surface area (Å²) in [7, 11) is 3.59. The van der Waals surface area contributed by atoms with Gasteiger partial charge in [-0.25, -0.2) is 0 Å². The van der Waals surface area contributed by atoms with Crippen LogP contribution in [0.1, 0.15) is 26.2 Å². The van der Waals surface area contributed by atoms with Crippen LogP contribution in [0.4, 0.5) is 0 Å². The molecule has 0 radical (unpaired) electrons. The summed E-state index contributed by atoms with van der Waals surface area (Å²) in [4.78, 5) is 4.96. The first-order valence-corrected chi connectivity index (χ1v) is 4.21. The topological polar surface area (TPSA) is 38.5 Å². The van der Waals surface area contributed by atoms with Crippen LogP contribution in [0.15, 0.2) is 0 Å². The Kier molecular flexibility index (Phi) is 6.51. The average Bonchev–Trinajstić information content (AvgIpc) is 2.01. The first kappa shape index (κ1) is 10.9. The molecule has 3 heteroatoms. The fraction of sp³-hybridized carbons (Fsp3) is 1.00. The molecule has 0 aliphatic heterocycles. The molecule has 2 N–H and O–H groups in total. The molecule has 0 aliphatic rings. The van der Waals surface area contributed by atoms with Crippen molar-refractivity contribution in [2.75, 3.05) is 20.7 Å². The fourth-order valence-corrected chi connectivity index (χ4v) is 0.954. The van der Waals surface area contributed by atoms with Crippen molar-refractivity contribution in [3.05, 3.63) is 0 Å². The molecule has 1 atom stereocenters. The van der Waals surface area contributed by atoms with Gasteiger partial charge in [-0.05, 0) is 12.8 Å². The molecule has 0 aromatic heterocycles. The van der Waals surface area contributed by atoms with E-state index in [1.165, 1.54) is 0 Å². The molecule has 68 valence electrons. The Morgan fingerprint density at radius 3 is 2.55 bits per heavy atom. The van der Waals surface area contributed by atoms with E-state index in [9.17, 15) is 0 Å². The molecule has 0 saturated carbocycles. The first-order valence-electron chi connectivity index (χ1n) is 4.21. The maximum absolute atomic E-state index is 5.80. The van der Waals surface area contributed by atoms with E-state index in [2.05, 4.69) is 6.92 Å². The van der Waals surface area contributed by atoms with Crippen LogP contribution in [0.5, 0.6) is 0 Å². The summed E-state index contributed by atoms with van der Waals surface area (Å²) in [5.74, 6) is 0. The van der Waals surface area contributed by atoms with Crippen molar-refractivity contribution in [1.29, 1.82) is 0 Å². The third-order valence-corrected chi connectivity index (χ3v) is 1.79. The molecular weight excluding hydrogens is 140 g/mol. The van der Waals surface area contributed by atoms with Gasteiger partial charge in [0.15, 0.2) is 0 Å². The molecular formula is C8H20N2O. The molecule has 1 unspecified atom stereocenters. The van der Waals surface area contributed by atoms with Crippen molar-refractivity contribution in [3.8, 4) is 0 Å². The molecule has 0 amide bonds. The van der Waals surface area contributed by atoms with Gasteiger partial charge in [0.05, 0.1) is 7.11 Å². The van der Waals surface area contributed by atoms with Crippen LogP contribution in [0.2, 0.25) is 0 Å². The van der Waals surface area contributed by atoms with E-state index in [0.717, 1.165) is 25.8 Å². The van der Waals surface area contributed by atoms with Gasteiger partial charge in [0.1, 0.15) is 0 Å². The minimum Gasteiger partial charge on any atom is -0.328 e. The minimum absolute atomic E-state index is 0.331. The Bertz CT molecular complexity index is 88.2. The van der Waals surface area contributed by atoms with E-state index in [4.69, 9.17) is 10.6 Å². The van der Waals surface area contributed by atoms with Gasteiger partial charge in [0.2, 0.25) is 0 Å². The Morgan fingerprint density at radius 2 is 2.09 bits per heavy atom. The van der Waals surface area contributed by atoms with Gasteiger partial charge < -0.3 is 10.6 Å². The molecule has 11 heavy (non-hydrogen) atoms. The van der Waals surface area contributed by atoms with Crippen molar-refractivity contribution >= 4 is 0 Å². The van der Waals surface area contributed by atoms with E-state index >= 15 is 0 Å². The zero-order chi connectivity index (χ0) is 8.69. The highest BCUT2D eigenvalue weighted by atomic mass is 16.7. The van der Waals surface area contributed by atoms with Gasteiger partial charge >= 0.3 is 0 Å². The Balaban J connectivity index is 3.22. The second-order valence-corrected chi connectivity index (χ2v) is 2.87. The predicted octanol–water partition coefficient (Wildman–Crippen LogP) is 0.997. The second kappa shape index (κ2) is 6.58. The number of rotatable bonds is 6. The lowest BCUT2D eigenvalue weighted by atomic mass is 10.1. The maximum Gasteiger partial charge on any atom is 0.0575 e. The highest BCUT2D eigenvalue weighted by Crippen LogP contribution is 1.99. The Morgan fingerprint density at radius 1 is 1.45 bits per heavy atom. The summed E-state index contributed by atoms with van der Waals surface area (Å²) in [6.07, 6.45) is 3.29. The van der Waals surface area contributed by atoms with E-state index in [1.54, 1.807) is 12.2 Å². The fourth-order valence-electron chi connectivity index (χ4n) is 0.954. The molecule has 0 aliphatic carbocycles. The molecule has 0 bridgehead atoms. The van der Waals surface area contributed by atoms with Gasteiger partial charge in [0, 0.05) is 19.6 Å². The van der Waals surface area contributed by atoms with Gasteiger partial charge in [0.25, 0.3) is 0 Å². The van der Waals surface area contributed by atoms with Crippen molar-refractivity contribution in [3.63, 3.8) is 0 Å². The largest absolute Gasteiger partial charge is 0.328 e. The summed E-state index contributed by atoms with van der Waals surface area (Å²) >= 11 is 0. The first-order chi connectivity index (χ1) is 5.20. The zero-order valence-corrected chi connectivity index (χ0v) is 7.84. The molecule has 0 saturated heterocycles. The number of hydrogen-bond donors (Lipinski definition) is 1. The van der Waals surface area contributed by atoms with Crippen LogP contribution in [-0.2, 0) is 4.84 Å². The van der Waals surface area contributed by atoms with Gasteiger partial charge in [-0.3, -0.25) is 0 Å². The number of nitrogens with two attached hydrogens (primary N) is 1. The molecule has 0 fully saturated rings. The molecule has 0 rings (SSSR count). The molecule has 0 aromatic rings. The molecule has 0 heterocycles. The van der Waals surface area contributed by atoms with Crippen LogP contribution >= 0.6 is 0 Å². The summed E-state index contributed by atoms with van der Waals surface area (Å²) in [5.41, 5.74) is 5.80. The summed E-state index contributed by atoms with van der Waals surface area (Å²) in [6.45, 7) is 3.07. The molecule has 3 nitrogen and oxygen atoms in total. The number of nitrogens with zero attached hydrogens (tertiary/aromatic N) is 1. The van der Waals surface area contributed by atoms with Gasteiger partial charge in [-0.1, -0.05) is 13.3 Å². The SMILES string of the molecule is CCCC(N)CCN(C)OC. The van der Waals surface area contributed by atoms with Crippen LogP contribution in [0.3, 0.4) is 0 Å². The zero-order valence-electron chi connectivity index (χ0n) is 7.84. The minimum atomic E-state index is 0.331. The third kappa shape index (κ3) is 6.28. The number of hydroxylamine groups is 2. The van der Waals surface area contributed by atoms with Crippen molar-refractivity contribution < 1.29 is 4.84 Å². The van der Waals surface area contributed by atoms with Crippen LogP contribution < -0.4 is 5.73 Å². The second-order valence-electron chi connectivity index (χ2n) is 2.87. The maximum atomic E-state index is 5.80. The lowest BCUT2D eigenvalue weighted by Crippen LogP contribution is -2.27. The summed E-state index contributed by atoms with van der Waals surface area (Å²) in [6, 6.07) is 0.331. The van der Waals surface area contributed by atoms with Crippen LogP contribution in [-0.4, -0.2) is 31.8 Å². The van der Waals surface area contributed by atoms with Gasteiger partial charge in [-0.15, -0.1) is 0 Å². The smallest absolute Gasteiger partial charge is 0.0575 e. The average molecular weight is 160 g/mol. The van der Waals surface area contributed by atoms with Crippen molar-refractivity contribution in [2.45, 2.75) is 32.2 Å². The van der Waals surface area contributed by atoms with Gasteiger partial charge in [-0.2, -0.15) is 5.06 Å². The summed E-state index contributed by atoms with van der Waals surface area (Å²) in [5, 5.41) is 1.80. The van der Waals surface area contributed by atoms with E-state index in [0.29, 0.717) is 6.04 Å². The normalized spacial score (nSPS) is 13.9. The lowest BCUT2D eigenvalue weighted by Gasteiger charge is -2.16. The summed E-state index contributed by atoms with van der Waals surface area (Å²) < 4.78 is 0. The Labute approximate surface area is 69.5 Å². The van der Waals surface area contributed by atoms with E-state index < -0.39 is 0 Å². The lowest BCUT2D eigenvalue weighted by molar-refractivity contribution is -0.110. The predicted molar refractivity (Wildman–Crippen MR) is 47.1 cm³/mol. The van der Waals surface area contributed by atoms with Crippen LogP contribution in [0, 0.1) is 0 Å². The quantitative estimate of drug-likeness (QED) is 0.589. The molecule has 0 aromatic carbocycles. The standard InChI is InChI=1S/C8H20N2O/c1-4-5-8(9)6-7-10(2)11-3/h8H,4-7,9H2,1-3H3. The van der Waals surface area contributed by atoms with Crippen molar-refractivity contribution in [2.24, 2.45) is 5.73 Å².